The SMILES string of the molecule is O=c1c(=C/c2ccc3c(c2)OCO3)/c(=C/Sc2ccc(Cl)cc2)[nH]n1-c1ccccc1. The van der Waals surface area contributed by atoms with E-state index in [1.165, 1.54) is 11.8 Å². The number of halogens is 1. The molecule has 1 aliphatic heterocycles. The van der Waals surface area contributed by atoms with Gasteiger partial charge in [-0.05, 0) is 60.2 Å². The van der Waals surface area contributed by atoms with Gasteiger partial charge in [-0.25, -0.2) is 4.68 Å². The Bertz CT molecular complexity index is 1410. The van der Waals surface area contributed by atoms with E-state index in [1.807, 2.05) is 84.3 Å². The van der Waals surface area contributed by atoms with Gasteiger partial charge in [-0.2, -0.15) is 0 Å². The Hall–Kier alpha value is -3.35. The number of hydrogen-bond donors (Lipinski definition) is 1. The second kappa shape index (κ2) is 8.41. The fourth-order valence-electron chi connectivity index (χ4n) is 3.27. The van der Waals surface area contributed by atoms with E-state index in [9.17, 15) is 4.79 Å². The third-order valence-corrected chi connectivity index (χ3v) is 5.95. The highest BCUT2D eigenvalue weighted by atomic mass is 35.5. The molecule has 0 fully saturated rings. The van der Waals surface area contributed by atoms with Gasteiger partial charge in [-0.15, -0.1) is 0 Å². The quantitative estimate of drug-likeness (QED) is 0.481. The number of aromatic nitrogens is 2. The minimum absolute atomic E-state index is 0.133. The summed E-state index contributed by atoms with van der Waals surface area (Å²) in [7, 11) is 0. The molecule has 0 amide bonds. The van der Waals surface area contributed by atoms with Crippen LogP contribution in [0.15, 0.2) is 82.5 Å². The van der Waals surface area contributed by atoms with Crippen molar-refractivity contribution in [1.29, 1.82) is 0 Å². The van der Waals surface area contributed by atoms with Gasteiger partial charge in [0.1, 0.15) is 0 Å². The first-order valence-electron chi connectivity index (χ1n) is 9.58. The molecule has 1 N–H and O–H groups in total. The maximum Gasteiger partial charge on any atom is 0.279 e. The summed E-state index contributed by atoms with van der Waals surface area (Å²) in [5.41, 5.74) is 1.49. The molecule has 0 atom stereocenters. The first kappa shape index (κ1) is 19.6. The van der Waals surface area contributed by atoms with Crippen molar-refractivity contribution in [2.75, 3.05) is 6.79 Å². The zero-order valence-corrected chi connectivity index (χ0v) is 17.8. The van der Waals surface area contributed by atoms with E-state index in [2.05, 4.69) is 5.10 Å². The van der Waals surface area contributed by atoms with Crippen LogP contribution in [0.2, 0.25) is 5.02 Å². The molecule has 5 nitrogen and oxygen atoms in total. The van der Waals surface area contributed by atoms with Crippen LogP contribution in [0.25, 0.3) is 17.2 Å². The molecule has 31 heavy (non-hydrogen) atoms. The van der Waals surface area contributed by atoms with Crippen LogP contribution in [0.5, 0.6) is 11.5 Å². The summed E-state index contributed by atoms with van der Waals surface area (Å²) in [5, 5.41) is 7.13. The van der Waals surface area contributed by atoms with Crippen LogP contribution in [0.3, 0.4) is 0 Å². The van der Waals surface area contributed by atoms with Crippen LogP contribution in [-0.2, 0) is 0 Å². The fraction of sp³-hybridized carbons (Fsp3) is 0.0417. The molecular formula is C24H17ClN2O3S. The number of thioether (sulfide) groups is 1. The number of rotatable bonds is 4. The van der Waals surface area contributed by atoms with E-state index in [4.69, 9.17) is 21.1 Å². The number of nitrogens with zero attached hydrogens (tertiary/aromatic N) is 1. The van der Waals surface area contributed by atoms with Gasteiger partial charge < -0.3 is 9.47 Å². The van der Waals surface area contributed by atoms with E-state index in [0.717, 1.165) is 16.1 Å². The lowest BCUT2D eigenvalue weighted by atomic mass is 10.1. The third-order valence-electron chi connectivity index (χ3n) is 4.80. The smallest absolute Gasteiger partial charge is 0.279 e. The number of nitrogens with one attached hydrogen (secondary N) is 1. The van der Waals surface area contributed by atoms with Crippen LogP contribution in [-0.4, -0.2) is 16.6 Å². The normalized spacial score (nSPS) is 13.7. The predicted octanol–water partition coefficient (Wildman–Crippen LogP) is 3.91. The number of para-hydroxylation sites is 1. The molecule has 0 saturated carbocycles. The summed E-state index contributed by atoms with van der Waals surface area (Å²) in [4.78, 5) is 14.3. The number of benzene rings is 3. The van der Waals surface area contributed by atoms with Crippen molar-refractivity contribution in [3.05, 3.63) is 104 Å². The third kappa shape index (κ3) is 4.13. The van der Waals surface area contributed by atoms with Crippen LogP contribution in [0.1, 0.15) is 5.56 Å². The highest BCUT2D eigenvalue weighted by Crippen LogP contribution is 2.32. The summed E-state index contributed by atoms with van der Waals surface area (Å²) >= 11 is 7.49. The van der Waals surface area contributed by atoms with Crippen LogP contribution < -0.4 is 25.6 Å². The average Bonchev–Trinajstić information content (AvgIpc) is 3.39. The molecule has 0 radical (unpaired) electrons. The molecule has 3 aromatic carbocycles. The number of fused-ring (bicyclic) bond motifs is 1. The second-order valence-electron chi connectivity index (χ2n) is 6.86. The Morgan fingerprint density at radius 3 is 2.55 bits per heavy atom. The maximum atomic E-state index is 13.3. The summed E-state index contributed by atoms with van der Waals surface area (Å²) in [5.74, 6) is 1.38. The Labute approximate surface area is 187 Å². The van der Waals surface area contributed by atoms with Crippen molar-refractivity contribution in [2.45, 2.75) is 4.90 Å². The summed E-state index contributed by atoms with van der Waals surface area (Å²) in [6, 6.07) is 22.7. The van der Waals surface area contributed by atoms with Crippen LogP contribution in [0, 0.1) is 0 Å². The van der Waals surface area contributed by atoms with Gasteiger partial charge >= 0.3 is 0 Å². The van der Waals surface area contributed by atoms with Gasteiger partial charge in [0.15, 0.2) is 11.5 Å². The lowest BCUT2D eigenvalue weighted by Gasteiger charge is -1.99. The lowest BCUT2D eigenvalue weighted by Crippen LogP contribution is -2.34. The predicted molar refractivity (Wildman–Crippen MR) is 124 cm³/mol. The van der Waals surface area contributed by atoms with Gasteiger partial charge in [-0.1, -0.05) is 47.6 Å². The maximum absolute atomic E-state index is 13.3. The molecule has 0 spiro atoms. The first-order chi connectivity index (χ1) is 15.2. The number of ether oxygens (including phenoxy) is 2. The molecule has 0 bridgehead atoms. The topological polar surface area (TPSA) is 56.2 Å². The van der Waals surface area contributed by atoms with Crippen molar-refractivity contribution in [2.24, 2.45) is 0 Å². The van der Waals surface area contributed by atoms with Crippen molar-refractivity contribution >= 4 is 34.8 Å². The highest BCUT2D eigenvalue weighted by molar-refractivity contribution is 8.06. The molecule has 1 aliphatic rings. The van der Waals surface area contributed by atoms with Gasteiger partial charge in [0.2, 0.25) is 6.79 Å². The first-order valence-corrected chi connectivity index (χ1v) is 10.8. The molecule has 0 aliphatic carbocycles. The molecule has 5 rings (SSSR count). The fourth-order valence-corrected chi connectivity index (χ4v) is 4.12. The van der Waals surface area contributed by atoms with Crippen molar-refractivity contribution in [3.8, 4) is 17.2 Å². The van der Waals surface area contributed by atoms with Gasteiger partial charge in [0, 0.05) is 15.3 Å². The number of aromatic amines is 1. The van der Waals surface area contributed by atoms with Crippen LogP contribution in [0.4, 0.5) is 0 Å². The minimum Gasteiger partial charge on any atom is -0.454 e. The van der Waals surface area contributed by atoms with E-state index in [0.29, 0.717) is 27.1 Å². The van der Waals surface area contributed by atoms with E-state index < -0.39 is 0 Å². The average molecular weight is 449 g/mol. The molecule has 154 valence electrons. The Kier molecular flexibility index (Phi) is 5.32. The Morgan fingerprint density at radius 2 is 1.74 bits per heavy atom. The monoisotopic (exact) mass is 448 g/mol. The van der Waals surface area contributed by atoms with Crippen molar-refractivity contribution in [3.63, 3.8) is 0 Å². The van der Waals surface area contributed by atoms with E-state index >= 15 is 0 Å². The van der Waals surface area contributed by atoms with E-state index in [-0.39, 0.29) is 12.4 Å². The van der Waals surface area contributed by atoms with Crippen molar-refractivity contribution in [1.82, 2.24) is 9.78 Å². The summed E-state index contributed by atoms with van der Waals surface area (Å²) < 4.78 is 12.4. The summed E-state index contributed by atoms with van der Waals surface area (Å²) in [6.45, 7) is 0.209. The van der Waals surface area contributed by atoms with Crippen LogP contribution >= 0.6 is 23.4 Å². The Balaban J connectivity index is 1.64. The Morgan fingerprint density at radius 1 is 0.968 bits per heavy atom. The summed E-state index contributed by atoms with van der Waals surface area (Å²) in [6.07, 6.45) is 1.86. The van der Waals surface area contributed by atoms with E-state index in [1.54, 1.807) is 4.68 Å². The zero-order chi connectivity index (χ0) is 21.2. The molecule has 2 heterocycles. The molecule has 4 aromatic rings. The lowest BCUT2D eigenvalue weighted by molar-refractivity contribution is 0.174. The molecular weight excluding hydrogens is 432 g/mol. The molecule has 0 saturated heterocycles. The number of H-pyrrole nitrogens is 1. The zero-order valence-electron chi connectivity index (χ0n) is 16.2. The number of hydrogen-bond acceptors (Lipinski definition) is 4. The largest absolute Gasteiger partial charge is 0.454 e. The van der Waals surface area contributed by atoms with Crippen molar-refractivity contribution < 1.29 is 9.47 Å². The highest BCUT2D eigenvalue weighted by Gasteiger charge is 2.13. The second-order valence-corrected chi connectivity index (χ2v) is 8.24. The standard InChI is InChI=1S/C24H17ClN2O3S/c25-17-7-9-19(10-8-17)31-14-21-20(12-16-6-11-22-23(13-16)30-15-29-22)24(28)27(26-21)18-4-2-1-3-5-18/h1-14,26H,15H2/b20-12+,21-14-. The minimum atomic E-state index is -0.133. The molecule has 7 heteroatoms. The molecule has 1 aromatic heterocycles. The van der Waals surface area contributed by atoms with Gasteiger partial charge in [0.05, 0.1) is 16.3 Å². The molecule has 0 unspecified atom stereocenters. The van der Waals surface area contributed by atoms with Gasteiger partial charge in [0.25, 0.3) is 5.56 Å². The van der Waals surface area contributed by atoms with Gasteiger partial charge in [-0.3, -0.25) is 9.89 Å².